The van der Waals surface area contributed by atoms with Crippen LogP contribution in [0.15, 0.2) is 24.2 Å². The molecule has 0 heterocycles. The molecule has 0 unspecified atom stereocenters. The lowest BCUT2D eigenvalue weighted by Crippen LogP contribution is -1.85. The van der Waals surface area contributed by atoms with E-state index in [9.17, 15) is 5.11 Å². The van der Waals surface area contributed by atoms with Gasteiger partial charge < -0.3 is 5.11 Å². The highest BCUT2D eigenvalue weighted by Crippen LogP contribution is 2.13. The molecule has 90 valence electrons. The summed E-state index contributed by atoms with van der Waals surface area (Å²) in [5.74, 6) is 0.0771. The third-order valence-electron chi connectivity index (χ3n) is 2.93. The van der Waals surface area contributed by atoms with E-state index >= 15 is 0 Å². The van der Waals surface area contributed by atoms with Crippen LogP contribution in [0.25, 0.3) is 0 Å². The minimum Gasteiger partial charge on any atom is -0.508 e. The highest BCUT2D eigenvalue weighted by atomic mass is 16.3. The zero-order valence-electron chi connectivity index (χ0n) is 11.3. The van der Waals surface area contributed by atoms with E-state index in [4.69, 9.17) is 1.37 Å². The van der Waals surface area contributed by atoms with Gasteiger partial charge in [-0.25, -0.2) is 0 Å². The fourth-order valence-electron chi connectivity index (χ4n) is 1.89. The molecule has 1 aromatic rings. The molecule has 1 N–H and O–H groups in total. The van der Waals surface area contributed by atoms with Gasteiger partial charge >= 0.3 is 0 Å². The molecule has 0 atom stereocenters. The fourth-order valence-corrected chi connectivity index (χ4v) is 1.89. The van der Waals surface area contributed by atoms with Crippen LogP contribution in [0.1, 0.15) is 58.8 Å². The minimum atomic E-state index is 0.0771. The van der Waals surface area contributed by atoms with Crippen molar-refractivity contribution in [3.05, 3.63) is 29.8 Å². The molecule has 1 heteroatoms. The Kier molecular flexibility index (Phi) is 5.90. The summed E-state index contributed by atoms with van der Waals surface area (Å²) in [4.78, 5) is 0. The quantitative estimate of drug-likeness (QED) is 0.632. The summed E-state index contributed by atoms with van der Waals surface area (Å²) in [6.45, 7) is 2.24. The number of benzene rings is 1. The predicted octanol–water partition coefficient (Wildman–Crippen LogP) is 4.69. The highest BCUT2D eigenvalue weighted by molar-refractivity contribution is 5.25. The van der Waals surface area contributed by atoms with Crippen LogP contribution in [-0.2, 0) is 6.42 Å². The van der Waals surface area contributed by atoms with E-state index in [1.165, 1.54) is 50.5 Å². The molecule has 0 fully saturated rings. The number of aryl methyl sites for hydroxylation is 1. The largest absolute Gasteiger partial charge is 0.508 e. The second-order valence-electron chi connectivity index (χ2n) is 4.45. The average molecular weight is 221 g/mol. The van der Waals surface area contributed by atoms with Crippen LogP contribution in [0.3, 0.4) is 0 Å². The van der Waals surface area contributed by atoms with Crippen molar-refractivity contribution < 1.29 is 6.48 Å². The summed E-state index contributed by atoms with van der Waals surface area (Å²) in [7, 11) is 0. The predicted molar refractivity (Wildman–Crippen MR) is 69.8 cm³/mol. The molecular weight excluding hydrogens is 196 g/mol. The first kappa shape index (κ1) is 11.5. The van der Waals surface area contributed by atoms with E-state index in [0.29, 0.717) is 0 Å². The SMILES string of the molecule is [2H]c1cc(CCCCCCCCC)ccc1O. The van der Waals surface area contributed by atoms with Crippen molar-refractivity contribution in [3.63, 3.8) is 0 Å². The van der Waals surface area contributed by atoms with Crippen molar-refractivity contribution in [1.29, 1.82) is 0 Å². The Morgan fingerprint density at radius 2 is 1.69 bits per heavy atom. The normalized spacial score (nSPS) is 11.4. The summed E-state index contributed by atoms with van der Waals surface area (Å²) in [5.41, 5.74) is 1.17. The maximum absolute atomic E-state index is 9.25. The maximum atomic E-state index is 9.25. The number of rotatable bonds is 8. The first-order valence-electron chi connectivity index (χ1n) is 7.02. The Balaban J connectivity index is 2.11. The minimum absolute atomic E-state index is 0.0771. The summed E-state index contributed by atoms with van der Waals surface area (Å²) >= 11 is 0. The standard InChI is InChI=1S/C15H24O/c1-2-3-4-5-6-7-8-9-14-10-12-15(16)13-11-14/h10-13,16H,2-9H2,1H3/i12D. The van der Waals surface area contributed by atoms with E-state index in [1.807, 2.05) is 6.07 Å². The Morgan fingerprint density at radius 3 is 2.38 bits per heavy atom. The van der Waals surface area contributed by atoms with Gasteiger partial charge in [-0.05, 0) is 30.5 Å². The van der Waals surface area contributed by atoms with Gasteiger partial charge in [0.05, 0.1) is 1.37 Å². The van der Waals surface area contributed by atoms with Crippen molar-refractivity contribution in [3.8, 4) is 5.75 Å². The van der Waals surface area contributed by atoms with Gasteiger partial charge in [-0.3, -0.25) is 0 Å². The lowest BCUT2D eigenvalue weighted by atomic mass is 10.0. The number of unbranched alkanes of at least 4 members (excludes halogenated alkanes) is 6. The Bertz CT molecular complexity index is 323. The monoisotopic (exact) mass is 221 g/mol. The number of aromatic hydroxyl groups is 1. The van der Waals surface area contributed by atoms with Crippen molar-refractivity contribution in [1.82, 2.24) is 0 Å². The van der Waals surface area contributed by atoms with Crippen LogP contribution in [-0.4, -0.2) is 5.11 Å². The van der Waals surface area contributed by atoms with Gasteiger partial charge in [0.2, 0.25) is 0 Å². The molecule has 1 aromatic carbocycles. The molecule has 16 heavy (non-hydrogen) atoms. The Hall–Kier alpha value is -0.980. The molecule has 0 bridgehead atoms. The molecule has 1 nitrogen and oxygen atoms in total. The van der Waals surface area contributed by atoms with Crippen LogP contribution in [0.2, 0.25) is 0 Å². The van der Waals surface area contributed by atoms with E-state index < -0.39 is 0 Å². The molecular formula is C15H24O. The maximum Gasteiger partial charge on any atom is 0.115 e. The van der Waals surface area contributed by atoms with Gasteiger partial charge in [-0.1, -0.05) is 57.6 Å². The van der Waals surface area contributed by atoms with Gasteiger partial charge in [0.15, 0.2) is 0 Å². The summed E-state index contributed by atoms with van der Waals surface area (Å²) in [5, 5.41) is 9.25. The second-order valence-corrected chi connectivity index (χ2v) is 4.45. The van der Waals surface area contributed by atoms with Gasteiger partial charge in [-0.15, -0.1) is 0 Å². The van der Waals surface area contributed by atoms with Crippen LogP contribution in [0, 0.1) is 0 Å². The Labute approximate surface area is 101 Å². The molecule has 0 spiro atoms. The molecule has 0 radical (unpaired) electrons. The number of hydrogen-bond donors (Lipinski definition) is 1. The van der Waals surface area contributed by atoms with E-state index in [1.54, 1.807) is 12.1 Å². The third kappa shape index (κ3) is 5.79. The van der Waals surface area contributed by atoms with Crippen molar-refractivity contribution in [2.45, 2.75) is 58.3 Å². The summed E-state index contributed by atoms with van der Waals surface area (Å²) in [6.07, 6.45) is 10.2. The number of phenols is 1. The first-order valence-corrected chi connectivity index (χ1v) is 6.52. The molecule has 0 saturated carbocycles. The second kappa shape index (κ2) is 8.20. The zero-order chi connectivity index (χ0) is 12.5. The van der Waals surface area contributed by atoms with E-state index in [2.05, 4.69) is 6.92 Å². The molecule has 0 saturated heterocycles. The smallest absolute Gasteiger partial charge is 0.115 e. The topological polar surface area (TPSA) is 20.2 Å². The van der Waals surface area contributed by atoms with Crippen LogP contribution >= 0.6 is 0 Å². The van der Waals surface area contributed by atoms with Crippen LogP contribution in [0.4, 0.5) is 0 Å². The molecule has 0 amide bonds. The van der Waals surface area contributed by atoms with E-state index in [-0.39, 0.29) is 11.8 Å². The van der Waals surface area contributed by atoms with Crippen LogP contribution < -0.4 is 0 Å². The third-order valence-corrected chi connectivity index (χ3v) is 2.93. The van der Waals surface area contributed by atoms with Crippen molar-refractivity contribution in [2.24, 2.45) is 0 Å². The van der Waals surface area contributed by atoms with Gasteiger partial charge in [-0.2, -0.15) is 0 Å². The van der Waals surface area contributed by atoms with Gasteiger partial charge in [0.1, 0.15) is 5.75 Å². The first-order chi connectivity index (χ1) is 8.24. The molecule has 0 aliphatic carbocycles. The van der Waals surface area contributed by atoms with Gasteiger partial charge in [0.25, 0.3) is 0 Å². The lowest BCUT2D eigenvalue weighted by molar-refractivity contribution is 0.475. The molecule has 1 rings (SSSR count). The molecule has 0 aliphatic rings. The van der Waals surface area contributed by atoms with Crippen LogP contribution in [0.5, 0.6) is 5.75 Å². The lowest BCUT2D eigenvalue weighted by Gasteiger charge is -2.02. The van der Waals surface area contributed by atoms with Crippen molar-refractivity contribution >= 4 is 0 Å². The molecule has 0 aromatic heterocycles. The molecule has 0 aliphatic heterocycles. The summed E-state index contributed by atoms with van der Waals surface area (Å²) in [6, 6.07) is 5.56. The zero-order valence-corrected chi connectivity index (χ0v) is 10.3. The highest BCUT2D eigenvalue weighted by Gasteiger charge is 1.94. The number of hydrogen-bond acceptors (Lipinski definition) is 1. The fraction of sp³-hybridized carbons (Fsp3) is 0.600. The average Bonchev–Trinajstić information content (AvgIpc) is 2.32. The van der Waals surface area contributed by atoms with E-state index in [0.717, 1.165) is 6.42 Å². The van der Waals surface area contributed by atoms with Gasteiger partial charge in [0, 0.05) is 0 Å². The summed E-state index contributed by atoms with van der Waals surface area (Å²) < 4.78 is 7.50. The Morgan fingerprint density at radius 1 is 1.00 bits per heavy atom. The van der Waals surface area contributed by atoms with Crippen molar-refractivity contribution in [2.75, 3.05) is 0 Å². The number of phenolic OH excluding ortho intramolecular Hbond substituents is 1.